The molecule has 3 aliphatic rings. The summed E-state index contributed by atoms with van der Waals surface area (Å²) in [5, 5.41) is 31.0. The lowest BCUT2D eigenvalue weighted by atomic mass is 9.65. The molecule has 2 aliphatic heterocycles. The number of terminal acetylenes is 1. The lowest BCUT2D eigenvalue weighted by Crippen LogP contribution is -2.37. The van der Waals surface area contributed by atoms with E-state index >= 15 is 0 Å². The summed E-state index contributed by atoms with van der Waals surface area (Å²) in [6.45, 7) is 12.7. The number of carbonyl (C=O) groups excluding carboxylic acids is 5. The predicted molar refractivity (Wildman–Crippen MR) is 598 cm³/mol. The highest BCUT2D eigenvalue weighted by atomic mass is 127. The molecule has 1 saturated heterocycles. The quantitative estimate of drug-likeness (QED) is 0.00752. The van der Waals surface area contributed by atoms with E-state index < -0.39 is 23.5 Å². The second-order valence-corrected chi connectivity index (χ2v) is 37.6. The van der Waals surface area contributed by atoms with Crippen molar-refractivity contribution in [3.8, 4) is 47.9 Å². The number of nitrogens with two attached hydrogens (primary N) is 2. The number of benzene rings is 11. The summed E-state index contributed by atoms with van der Waals surface area (Å²) in [5.74, 6) is 18.8. The van der Waals surface area contributed by atoms with Crippen molar-refractivity contribution in [2.45, 2.75) is 103 Å². The number of aliphatic hydroxyl groups excluding tert-OH is 2. The van der Waals surface area contributed by atoms with Crippen molar-refractivity contribution in [2.24, 2.45) is 23.3 Å². The molecule has 14 nitrogen and oxygen atoms in total. The standard InChI is InChI=1S/2C21H18Cl3NO.C18H12ClNO2.C11H7Cl3O.C10H12ClN.C10H10ClN.C10H9ClO.C6H4ClI.C4H6O.H2N2.H2/c1-11-19-17(21(26)25-11)9-8-16(15-7-6-14(23)10-18(15)24)20(19)12-2-4-13(22)5-3-12;1-15(6-7-16-8-11-18(22)12-9-16)25-21(26)5-3-2-4-17-10-13-19(23)14-20(17)24;1-12(6-7-13-8-10-14(19)11-9-13)20-17(21)15-4-2-3-5-16(15)18(20)22;12-9-6-5-8(10(13)7-9)3-1-2-4-11(14)15;3*1-8(12)2-3-9-4-6-10(11)7-5-9;7-5-1-3-6(8)4-2-5;1-3-4(2)5;1-2;/h2-11,16-17,19-20H,1H3,(H,25,26);2-15H,1H3,(H,25,26);2-5,8-12H,1H3;1-7H;2-8H,12H2,1H3;4-8H,12H2,1H3;4-8,12H,1H3;1-4H;1,4-5H,2H3;1-2H;1H/b;4-2+,5-3+,7-6-;;3-1+,4-2+;3-2-;;;;;;/t11-,16+,17+,19-,20+;;;;;;;;;;/m1........../s1. The van der Waals surface area contributed by atoms with Crippen LogP contribution in [0.2, 0.25) is 65.3 Å². The van der Waals surface area contributed by atoms with Gasteiger partial charge in [-0.1, -0.05) is 332 Å². The number of imide groups is 1. The summed E-state index contributed by atoms with van der Waals surface area (Å²) in [6, 6.07) is 74.8. The van der Waals surface area contributed by atoms with Crippen molar-refractivity contribution >= 4 is 238 Å². The number of hydrogen-bond donors (Lipinski definition) is 8. The van der Waals surface area contributed by atoms with Crippen molar-refractivity contribution in [3.63, 3.8) is 0 Å². The summed E-state index contributed by atoms with van der Waals surface area (Å²) >= 11 is 84.0. The van der Waals surface area contributed by atoms with Crippen molar-refractivity contribution in [1.29, 1.82) is 11.1 Å². The first-order chi connectivity index (χ1) is 66.7. The predicted octanol–water partition coefficient (Wildman–Crippen LogP) is 30.6. The second-order valence-electron chi connectivity index (χ2n) is 30.4. The van der Waals surface area contributed by atoms with E-state index in [1.165, 1.54) is 20.6 Å². The highest BCUT2D eigenvalue weighted by Gasteiger charge is 2.48. The number of hydrogen-bond acceptors (Lipinski definition) is 11. The van der Waals surface area contributed by atoms with Crippen molar-refractivity contribution in [1.82, 2.24) is 15.5 Å². The first-order valence-corrected chi connectivity index (χ1v) is 49.0. The Morgan fingerprint density at radius 3 is 1.24 bits per heavy atom. The fraction of sp³-hybridized carbons (Fsp3) is 0.162. The van der Waals surface area contributed by atoms with Crippen LogP contribution in [0, 0.1) is 74.3 Å². The van der Waals surface area contributed by atoms with E-state index in [0.717, 1.165) is 65.1 Å². The van der Waals surface area contributed by atoms with Crippen LogP contribution >= 0.6 is 185 Å². The van der Waals surface area contributed by atoms with Gasteiger partial charge in [-0.3, -0.25) is 28.9 Å². The number of rotatable bonds is 14. The van der Waals surface area contributed by atoms with Crippen molar-refractivity contribution in [3.05, 3.63) is 440 Å². The van der Waals surface area contributed by atoms with Crippen LogP contribution in [0.25, 0.3) is 24.3 Å². The average Bonchev–Trinajstić information content (AvgIpc) is 1.63. The Hall–Kier alpha value is -10.2. The molecule has 0 bridgehead atoms. The number of amides is 4. The number of aliphatic hydroxyl groups is 2. The monoisotopic (exact) mass is 2260 g/mol. The molecule has 140 heavy (non-hydrogen) atoms. The molecule has 4 amide bonds. The van der Waals surface area contributed by atoms with Gasteiger partial charge < -0.3 is 32.3 Å². The van der Waals surface area contributed by atoms with Crippen LogP contribution < -0.4 is 22.1 Å². The van der Waals surface area contributed by atoms with Gasteiger partial charge in [0.05, 0.1) is 29.1 Å². The third-order valence-electron chi connectivity index (χ3n) is 19.1. The molecule has 11 aromatic rings. The topological polar surface area (TPSA) is 253 Å². The Kier molecular flexibility index (Phi) is 55.9. The summed E-state index contributed by atoms with van der Waals surface area (Å²) < 4.78 is 1.21. The molecule has 10 N–H and O–H groups in total. The van der Waals surface area contributed by atoms with Gasteiger partial charge in [0.25, 0.3) is 11.8 Å². The minimum atomic E-state index is -0.588. The van der Waals surface area contributed by atoms with Crippen LogP contribution in [-0.4, -0.2) is 86.4 Å². The molecule has 6 unspecified atom stereocenters. The van der Waals surface area contributed by atoms with Gasteiger partial charge in [0.15, 0.2) is 0 Å². The Morgan fingerprint density at radius 2 is 0.843 bits per heavy atom. The maximum Gasteiger partial charge on any atom is 0.262 e. The van der Waals surface area contributed by atoms with E-state index in [1.807, 2.05) is 197 Å². The van der Waals surface area contributed by atoms with Crippen LogP contribution in [0.5, 0.6) is 0 Å². The van der Waals surface area contributed by atoms with Gasteiger partial charge in [-0.05, 0) is 304 Å². The fourth-order valence-electron chi connectivity index (χ4n) is 12.5. The van der Waals surface area contributed by atoms with Gasteiger partial charge in [0.2, 0.25) is 17.1 Å². The molecule has 1 aliphatic carbocycles. The molecule has 2 heterocycles. The second kappa shape index (κ2) is 65.1. The van der Waals surface area contributed by atoms with E-state index in [9.17, 15) is 24.0 Å². The van der Waals surface area contributed by atoms with Crippen LogP contribution in [0.4, 0.5) is 0 Å². The van der Waals surface area contributed by atoms with Crippen LogP contribution in [0.3, 0.4) is 0 Å². The summed E-state index contributed by atoms with van der Waals surface area (Å²) in [7, 11) is 0. The number of halogens is 15. The summed E-state index contributed by atoms with van der Waals surface area (Å²) in [5.41, 5.74) is 30.5. The third kappa shape index (κ3) is 45.8. The summed E-state index contributed by atoms with van der Waals surface area (Å²) in [6.07, 6.45) is 28.4. The van der Waals surface area contributed by atoms with Crippen LogP contribution in [-0.2, 0) is 14.4 Å². The molecule has 29 heteroatoms. The fourth-order valence-corrected chi connectivity index (χ4v) is 15.3. The minimum absolute atomic E-state index is 0. The third-order valence-corrected chi connectivity index (χ3v) is 23.4. The zero-order valence-corrected chi connectivity index (χ0v) is 89.1. The SMILES string of the molecule is C#CC(C)O.CC(/C=C\c1ccc(Cl)cc1)NC(=O)/C=C/C=C/c1ccc(Cl)cc1Cl.CC(C#Cc1ccc(Cl)cc1)N1C(=O)c2ccccc2C1=O.CC(N)/C=C\c1ccc(Cl)cc1.CC(N)C#Cc1ccc(Cl)cc1.CC(O)C#Cc1ccc(Cl)cc1.C[C@H]1NC(=O)[C@H]2C=C[C@@H](c3ccc(Cl)cc3Cl)[C@H](c3ccc(Cl)cc3)[C@@H]21.Clc1ccc(I)cc1.N=N.O=C(Cl)/C=C/C=C/c1ccc(Cl)cc1Cl.[HH]. The molecule has 0 spiro atoms. The van der Waals surface area contributed by atoms with Gasteiger partial charge >= 0.3 is 0 Å². The maximum absolute atomic E-state index is 12.4. The van der Waals surface area contributed by atoms with E-state index in [1.54, 1.807) is 148 Å². The maximum atomic E-state index is 12.4. The minimum Gasteiger partial charge on any atom is -0.381 e. The van der Waals surface area contributed by atoms with E-state index in [4.69, 9.17) is 195 Å². The Labute approximate surface area is 905 Å². The Balaban J connectivity index is 0.000000341. The van der Waals surface area contributed by atoms with Crippen molar-refractivity contribution < 1.29 is 35.6 Å². The molecule has 1 fully saturated rings. The Morgan fingerprint density at radius 1 is 0.471 bits per heavy atom. The number of nitrogens with zero attached hydrogens (tertiary/aromatic N) is 1. The van der Waals surface area contributed by atoms with Crippen LogP contribution in [0.1, 0.15) is 133 Å². The molecule has 0 saturated carbocycles. The Bertz CT molecular complexity index is 6240. The molecule has 0 radical (unpaired) electrons. The van der Waals surface area contributed by atoms with Crippen LogP contribution in [0.15, 0.2) is 309 Å². The number of allylic oxidation sites excluding steroid dienone is 6. The number of nitrogens with one attached hydrogen (secondary N) is 4. The molecular weight excluding hydrogens is 2170 g/mol. The van der Waals surface area contributed by atoms with Gasteiger partial charge in [-0.2, -0.15) is 0 Å². The normalized spacial score (nSPS) is 15.7. The average molecular weight is 2270 g/mol. The highest BCUT2D eigenvalue weighted by molar-refractivity contribution is 14.1. The lowest BCUT2D eigenvalue weighted by molar-refractivity contribution is -0.122. The zero-order chi connectivity index (χ0) is 104. The number of fused-ring (bicyclic) bond motifs is 2. The lowest BCUT2D eigenvalue weighted by Gasteiger charge is -2.38. The molecular formula is C111H100Cl14IN7O7. The number of carbonyl (C=O) groups is 5. The molecule has 14 rings (SSSR count). The van der Waals surface area contributed by atoms with Gasteiger partial charge in [-0.25, -0.2) is 11.1 Å². The zero-order valence-electron chi connectivity index (χ0n) is 76.4. The first-order valence-electron chi connectivity index (χ1n) is 42.6. The molecule has 11 atom stereocenters. The molecule has 11 aromatic carbocycles. The largest absolute Gasteiger partial charge is 0.381 e. The van der Waals surface area contributed by atoms with Gasteiger partial charge in [0, 0.05) is 129 Å². The van der Waals surface area contributed by atoms with Gasteiger partial charge in [-0.15, -0.1) is 6.42 Å². The smallest absolute Gasteiger partial charge is 0.262 e. The van der Waals surface area contributed by atoms with Crippen molar-refractivity contribution in [2.75, 3.05) is 0 Å². The highest BCUT2D eigenvalue weighted by Crippen LogP contribution is 2.51. The van der Waals surface area contributed by atoms with E-state index in [0.29, 0.717) is 61.4 Å². The molecule has 0 aromatic heterocycles. The first kappa shape index (κ1) is 120. The van der Waals surface area contributed by atoms with Gasteiger partial charge in [0.1, 0.15) is 12.2 Å². The molecule has 726 valence electrons. The summed E-state index contributed by atoms with van der Waals surface area (Å²) in [4.78, 5) is 60.5. The van der Waals surface area contributed by atoms with E-state index in [2.05, 4.69) is 106 Å². The van der Waals surface area contributed by atoms with E-state index in [-0.39, 0.29) is 72.9 Å².